The summed E-state index contributed by atoms with van der Waals surface area (Å²) in [7, 11) is 1.58. The van der Waals surface area contributed by atoms with Gasteiger partial charge in [0.05, 0.1) is 0 Å². The van der Waals surface area contributed by atoms with Gasteiger partial charge < -0.3 is 0 Å². The average Bonchev–Trinajstić information content (AvgIpc) is 2.64. The second kappa shape index (κ2) is 8.36. The maximum atomic E-state index is 12.5. The number of anilines is 2. The molecule has 26 heavy (non-hydrogen) atoms. The second-order valence-corrected chi connectivity index (χ2v) is 12.0. The van der Waals surface area contributed by atoms with E-state index in [2.05, 4.69) is 20.3 Å². The third-order valence-electron chi connectivity index (χ3n) is 3.87. The van der Waals surface area contributed by atoms with Crippen molar-refractivity contribution in [3.63, 3.8) is 0 Å². The quantitative estimate of drug-likeness (QED) is 0.397. The van der Waals surface area contributed by atoms with Crippen LogP contribution in [0, 0.1) is 0 Å². The summed E-state index contributed by atoms with van der Waals surface area (Å²) < 4.78 is 12.6. The van der Waals surface area contributed by atoms with E-state index in [0.29, 0.717) is 27.4 Å². The Morgan fingerprint density at radius 2 is 2.15 bits per heavy atom. The molecule has 1 unspecified atom stereocenters. The Labute approximate surface area is 160 Å². The molecule has 2 aromatic heterocycles. The number of aromatic nitrogens is 4. The van der Waals surface area contributed by atoms with Gasteiger partial charge in [-0.1, -0.05) is 0 Å². The van der Waals surface area contributed by atoms with E-state index in [1.807, 2.05) is 0 Å². The molecule has 0 fully saturated rings. The van der Waals surface area contributed by atoms with Gasteiger partial charge in [-0.2, -0.15) is 0 Å². The van der Waals surface area contributed by atoms with Crippen LogP contribution in [-0.4, -0.2) is 37.0 Å². The van der Waals surface area contributed by atoms with Gasteiger partial charge in [0.15, 0.2) is 0 Å². The average molecular weight is 545 g/mol. The number of nitrogens with zero attached hydrogens (tertiary/aromatic N) is 4. The Kier molecular flexibility index (Phi) is 5.94. The number of nitrogen functional groups attached to an aromatic ring is 1. The van der Waals surface area contributed by atoms with Crippen molar-refractivity contribution in [3.8, 4) is 0 Å². The predicted octanol–water partition coefficient (Wildman–Crippen LogP) is 0.113. The first-order valence-electron chi connectivity index (χ1n) is 7.92. The van der Waals surface area contributed by atoms with Gasteiger partial charge in [0.25, 0.3) is 0 Å². The number of nitrogens with two attached hydrogens (primary N) is 1. The van der Waals surface area contributed by atoms with E-state index in [4.69, 9.17) is 14.9 Å². The van der Waals surface area contributed by atoms with E-state index < -0.39 is 30.6 Å². The van der Waals surface area contributed by atoms with Crippen LogP contribution in [-0.2, 0) is 29.6 Å². The van der Waals surface area contributed by atoms with E-state index in [9.17, 15) is 9.59 Å². The first kappa shape index (κ1) is 18.5. The number of para-hydroxylation sites is 1. The maximum absolute atomic E-state index is 12.5. The summed E-state index contributed by atoms with van der Waals surface area (Å²) in [5.74, 6) is -0.126. The minimum atomic E-state index is -2.13. The summed E-state index contributed by atoms with van der Waals surface area (Å²) in [6.45, 7) is 0.424. The van der Waals surface area contributed by atoms with Gasteiger partial charge >= 0.3 is 160 Å². The molecule has 132 valence electrons. The number of hydrogen-bond acceptors (Lipinski definition) is 9. The third kappa shape index (κ3) is 4.25. The van der Waals surface area contributed by atoms with Crippen molar-refractivity contribution in [2.45, 2.75) is 10.0 Å². The van der Waals surface area contributed by atoms with Crippen molar-refractivity contribution in [3.05, 3.63) is 51.5 Å². The molecule has 0 radical (unpaired) electrons. The normalized spacial score (nSPS) is 11.9. The zero-order valence-corrected chi connectivity index (χ0v) is 19.6. The van der Waals surface area contributed by atoms with Gasteiger partial charge in [-0.15, -0.1) is 0 Å². The number of ether oxygens (including phenoxy) is 1. The Morgan fingerprint density at radius 3 is 2.92 bits per heavy atom. The number of nitrogens with one attached hydrogen (secondary N) is 1. The number of hydrogen-bond donors (Lipinski definition) is 2. The van der Waals surface area contributed by atoms with Gasteiger partial charge in [-0.25, -0.2) is 0 Å². The molecule has 2 heterocycles. The van der Waals surface area contributed by atoms with Crippen LogP contribution in [0.15, 0.2) is 44.6 Å². The Morgan fingerprint density at radius 1 is 1.35 bits per heavy atom. The van der Waals surface area contributed by atoms with Gasteiger partial charge in [0.2, 0.25) is 0 Å². The van der Waals surface area contributed by atoms with E-state index in [1.54, 1.807) is 31.4 Å². The zero-order chi connectivity index (χ0) is 18.5. The summed E-state index contributed by atoms with van der Waals surface area (Å²) in [6.07, 6.45) is 1.12. The van der Waals surface area contributed by atoms with Crippen LogP contribution in [0.3, 0.4) is 0 Å². The van der Waals surface area contributed by atoms with Crippen molar-refractivity contribution in [2.24, 2.45) is 0 Å². The molecule has 0 saturated heterocycles. The minimum absolute atomic E-state index is 0.122. The fourth-order valence-corrected chi connectivity index (χ4v) is 8.72. The van der Waals surface area contributed by atoms with Gasteiger partial charge in [-0.05, 0) is 0 Å². The van der Waals surface area contributed by atoms with E-state index in [1.165, 1.54) is 8.66 Å². The molecule has 0 bridgehead atoms. The fraction of sp³-hybridized carbons (Fsp3) is 0.267. The van der Waals surface area contributed by atoms with Crippen molar-refractivity contribution in [1.82, 2.24) is 17.3 Å². The standard InChI is InChI=1S/C8H5NO3.C7H12N5O.Hg/c10-7-5-3-1-2-4-6(5)12-8(11)9-7;1-5(13-2)3-9-7-11-4-10-6(8)12-7;/h1-4H,(H,9,10,11);4-5H,1,3H2,2H3,(H3,8,9,10,11,12);/q;;+1/p-1. The van der Waals surface area contributed by atoms with Gasteiger partial charge in [-0.3, -0.25) is 0 Å². The molecule has 0 aliphatic rings. The third-order valence-corrected chi connectivity index (χ3v) is 11.2. The Bertz CT molecular complexity index is 1020. The van der Waals surface area contributed by atoms with Crippen LogP contribution in [0.1, 0.15) is 0 Å². The van der Waals surface area contributed by atoms with Crippen LogP contribution in [0.4, 0.5) is 11.9 Å². The molecular formula is C15H16HgN6O4. The van der Waals surface area contributed by atoms with E-state index in [0.717, 1.165) is 0 Å². The molecule has 0 aliphatic heterocycles. The Hall–Kier alpha value is -2.33. The molecule has 0 amide bonds. The number of methoxy groups -OCH3 is 1. The summed E-state index contributed by atoms with van der Waals surface area (Å²) in [4.78, 5) is 36.3. The van der Waals surface area contributed by atoms with Crippen molar-refractivity contribution in [1.29, 1.82) is 0 Å². The molecule has 1 atom stereocenters. The first-order valence-corrected chi connectivity index (χ1v) is 14.3. The molecule has 0 saturated carbocycles. The van der Waals surface area contributed by atoms with Crippen LogP contribution in [0.25, 0.3) is 11.0 Å². The van der Waals surface area contributed by atoms with Crippen LogP contribution in [0.5, 0.6) is 0 Å². The van der Waals surface area contributed by atoms with Crippen molar-refractivity contribution < 1.29 is 34.0 Å². The van der Waals surface area contributed by atoms with Gasteiger partial charge in [0.1, 0.15) is 0 Å². The summed E-state index contributed by atoms with van der Waals surface area (Å²) in [5, 5.41) is 3.43. The number of fused-ring (bicyclic) bond motifs is 1. The van der Waals surface area contributed by atoms with Crippen LogP contribution >= 0.6 is 0 Å². The molecule has 1 aromatic carbocycles. The topological polar surface area (TPSA) is 138 Å². The van der Waals surface area contributed by atoms with Crippen molar-refractivity contribution in [2.75, 3.05) is 24.7 Å². The molecule has 10 nitrogen and oxygen atoms in total. The summed E-state index contributed by atoms with van der Waals surface area (Å²) in [5.41, 5.74) is 5.53. The molecule has 0 spiro atoms. The summed E-state index contributed by atoms with van der Waals surface area (Å²) in [6, 6.07) is 6.74. The molecule has 3 rings (SSSR count). The monoisotopic (exact) mass is 546 g/mol. The SMILES string of the molecule is COC(CNc1ncnc(N)n1)[CH2][Hg][n]1c(=O)oc2ccccc2c1=O. The first-order chi connectivity index (χ1) is 12.6. The number of rotatable bonds is 7. The Balaban J connectivity index is 1.70. The van der Waals surface area contributed by atoms with Gasteiger partial charge in [0, 0.05) is 0 Å². The molecule has 0 aliphatic carbocycles. The molecule has 11 heteroatoms. The summed E-state index contributed by atoms with van der Waals surface area (Å²) >= 11 is -2.13. The van der Waals surface area contributed by atoms with Crippen molar-refractivity contribution >= 4 is 22.9 Å². The van der Waals surface area contributed by atoms with E-state index >= 15 is 0 Å². The van der Waals surface area contributed by atoms with E-state index in [-0.39, 0.29) is 17.6 Å². The van der Waals surface area contributed by atoms with Crippen LogP contribution in [0.2, 0.25) is 3.93 Å². The predicted molar refractivity (Wildman–Crippen MR) is 90.5 cm³/mol. The molecule has 3 aromatic rings. The second-order valence-electron chi connectivity index (χ2n) is 5.52. The molecular weight excluding hydrogens is 529 g/mol. The fourth-order valence-electron chi connectivity index (χ4n) is 2.48. The molecule has 3 N–H and O–H groups in total. The number of benzene rings is 1. The zero-order valence-electron chi connectivity index (χ0n) is 14.1. The van der Waals surface area contributed by atoms with Crippen LogP contribution < -0.4 is 22.4 Å².